The van der Waals surface area contributed by atoms with Gasteiger partial charge in [0.05, 0.1) is 15.6 Å². The van der Waals surface area contributed by atoms with E-state index in [0.29, 0.717) is 10.7 Å². The van der Waals surface area contributed by atoms with E-state index >= 15 is 0 Å². The molecule has 0 aliphatic rings. The zero-order valence-corrected chi connectivity index (χ0v) is 12.5. The normalized spacial score (nSPS) is 10.1. The van der Waals surface area contributed by atoms with Gasteiger partial charge in [-0.05, 0) is 30.7 Å². The first kappa shape index (κ1) is 15.8. The highest BCUT2D eigenvalue weighted by Gasteiger charge is 2.15. The van der Waals surface area contributed by atoms with E-state index in [1.807, 2.05) is 13.0 Å². The molecule has 6 nitrogen and oxygen atoms in total. The number of ether oxygens (including phenoxy) is 1. The molecule has 7 heteroatoms. The number of aryl methyl sites for hydroxylation is 1. The summed E-state index contributed by atoms with van der Waals surface area (Å²) in [4.78, 5) is 22.1. The molecule has 0 bridgehead atoms. The van der Waals surface area contributed by atoms with E-state index < -0.39 is 10.8 Å². The van der Waals surface area contributed by atoms with E-state index in [9.17, 15) is 14.9 Å². The monoisotopic (exact) mass is 320 g/mol. The number of amides is 1. The number of carbonyl (C=O) groups is 1. The van der Waals surface area contributed by atoms with Gasteiger partial charge in [-0.3, -0.25) is 14.9 Å². The fraction of sp³-hybridized carbons (Fsp3) is 0.133. The van der Waals surface area contributed by atoms with E-state index in [0.717, 1.165) is 5.56 Å². The van der Waals surface area contributed by atoms with Crippen molar-refractivity contribution in [2.75, 3.05) is 11.9 Å². The number of anilines is 1. The van der Waals surface area contributed by atoms with Crippen LogP contribution in [0.15, 0.2) is 42.5 Å². The van der Waals surface area contributed by atoms with Crippen molar-refractivity contribution < 1.29 is 14.5 Å². The average molecular weight is 321 g/mol. The standard InChI is InChI=1S/C15H13ClN2O4/c1-10-6-7-12(11(16)8-10)17-15(19)9-22-14-5-3-2-4-13(14)18(20)21/h2-8H,9H2,1H3,(H,17,19). The number of nitrogens with zero attached hydrogens (tertiary/aromatic N) is 1. The molecule has 0 radical (unpaired) electrons. The van der Waals surface area contributed by atoms with Gasteiger partial charge in [0.25, 0.3) is 5.91 Å². The Morgan fingerprint density at radius 3 is 2.73 bits per heavy atom. The zero-order valence-electron chi connectivity index (χ0n) is 11.7. The van der Waals surface area contributed by atoms with Crippen LogP contribution in [0.4, 0.5) is 11.4 Å². The number of benzene rings is 2. The minimum atomic E-state index is -0.565. The highest BCUT2D eigenvalue weighted by atomic mass is 35.5. The van der Waals surface area contributed by atoms with Crippen molar-refractivity contribution in [2.45, 2.75) is 6.92 Å². The highest BCUT2D eigenvalue weighted by Crippen LogP contribution is 2.26. The second-order valence-electron chi connectivity index (χ2n) is 4.54. The fourth-order valence-corrected chi connectivity index (χ4v) is 2.06. The Labute approximate surface area is 131 Å². The van der Waals surface area contributed by atoms with Crippen LogP contribution in [0.5, 0.6) is 5.75 Å². The third-order valence-corrected chi connectivity index (χ3v) is 3.13. The summed E-state index contributed by atoms with van der Waals surface area (Å²) < 4.78 is 5.20. The van der Waals surface area contributed by atoms with Crippen LogP contribution in [-0.4, -0.2) is 17.4 Å². The van der Waals surface area contributed by atoms with Gasteiger partial charge < -0.3 is 10.1 Å². The van der Waals surface area contributed by atoms with Crippen molar-refractivity contribution in [3.63, 3.8) is 0 Å². The molecule has 1 amide bonds. The number of rotatable bonds is 5. The van der Waals surface area contributed by atoms with E-state index in [1.165, 1.54) is 18.2 Å². The number of nitro groups is 1. The maximum absolute atomic E-state index is 11.8. The van der Waals surface area contributed by atoms with Gasteiger partial charge in [0.15, 0.2) is 12.4 Å². The number of hydrogen-bond donors (Lipinski definition) is 1. The molecular formula is C15H13ClN2O4. The lowest BCUT2D eigenvalue weighted by molar-refractivity contribution is -0.385. The van der Waals surface area contributed by atoms with Crippen molar-refractivity contribution in [2.24, 2.45) is 0 Å². The lowest BCUT2D eigenvalue weighted by atomic mass is 10.2. The first-order valence-electron chi connectivity index (χ1n) is 6.39. The van der Waals surface area contributed by atoms with Crippen LogP contribution < -0.4 is 10.1 Å². The van der Waals surface area contributed by atoms with Crippen LogP contribution in [0.25, 0.3) is 0 Å². The minimum Gasteiger partial charge on any atom is -0.477 e. The lowest BCUT2D eigenvalue weighted by Crippen LogP contribution is -2.20. The molecule has 0 atom stereocenters. The molecule has 0 heterocycles. The third-order valence-electron chi connectivity index (χ3n) is 2.82. The number of nitrogens with one attached hydrogen (secondary N) is 1. The van der Waals surface area contributed by atoms with Crippen LogP contribution in [-0.2, 0) is 4.79 Å². The second kappa shape index (κ2) is 6.91. The summed E-state index contributed by atoms with van der Waals surface area (Å²) in [5.41, 5.74) is 1.24. The number of nitro benzene ring substituents is 1. The molecule has 2 rings (SSSR count). The highest BCUT2D eigenvalue weighted by molar-refractivity contribution is 6.33. The van der Waals surface area contributed by atoms with E-state index in [1.54, 1.807) is 18.2 Å². The van der Waals surface area contributed by atoms with Crippen molar-refractivity contribution in [1.82, 2.24) is 0 Å². The van der Waals surface area contributed by atoms with Crippen LogP contribution in [0.1, 0.15) is 5.56 Å². The van der Waals surface area contributed by atoms with Crippen LogP contribution in [0.3, 0.4) is 0 Å². The zero-order chi connectivity index (χ0) is 16.1. The first-order chi connectivity index (χ1) is 10.5. The summed E-state index contributed by atoms with van der Waals surface area (Å²) in [5.74, 6) is -0.415. The first-order valence-corrected chi connectivity index (χ1v) is 6.77. The third kappa shape index (κ3) is 3.95. The molecule has 0 aromatic heterocycles. The Morgan fingerprint density at radius 2 is 2.05 bits per heavy atom. The Balaban J connectivity index is 2.00. The van der Waals surface area contributed by atoms with E-state index in [-0.39, 0.29) is 18.0 Å². The lowest BCUT2D eigenvalue weighted by Gasteiger charge is -2.09. The number of halogens is 1. The topological polar surface area (TPSA) is 81.5 Å². The quantitative estimate of drug-likeness (QED) is 0.674. The Kier molecular flexibility index (Phi) is 4.95. The van der Waals surface area contributed by atoms with Gasteiger partial charge in [0, 0.05) is 6.07 Å². The summed E-state index contributed by atoms with van der Waals surface area (Å²) in [6, 6.07) is 11.1. The SMILES string of the molecule is Cc1ccc(NC(=O)COc2ccccc2[N+](=O)[O-])c(Cl)c1. The summed E-state index contributed by atoms with van der Waals surface area (Å²) >= 11 is 6.01. The molecule has 1 N–H and O–H groups in total. The molecule has 0 aliphatic carbocycles. The summed E-state index contributed by atoms with van der Waals surface area (Å²) in [5, 5.41) is 13.8. The summed E-state index contributed by atoms with van der Waals surface area (Å²) in [6.07, 6.45) is 0. The fourth-order valence-electron chi connectivity index (χ4n) is 1.78. The number of para-hydroxylation sites is 2. The van der Waals surface area contributed by atoms with E-state index in [4.69, 9.17) is 16.3 Å². The molecule has 0 spiro atoms. The Hall–Kier alpha value is -2.60. The molecule has 0 unspecified atom stereocenters. The largest absolute Gasteiger partial charge is 0.477 e. The van der Waals surface area contributed by atoms with Gasteiger partial charge in [0.1, 0.15) is 0 Å². The molecule has 22 heavy (non-hydrogen) atoms. The van der Waals surface area contributed by atoms with Crippen molar-refractivity contribution in [3.8, 4) is 5.75 Å². The summed E-state index contributed by atoms with van der Waals surface area (Å²) in [6.45, 7) is 1.53. The van der Waals surface area contributed by atoms with Gasteiger partial charge in [-0.15, -0.1) is 0 Å². The molecule has 0 saturated carbocycles. The molecule has 0 fully saturated rings. The van der Waals surface area contributed by atoms with Gasteiger partial charge in [-0.1, -0.05) is 29.8 Å². The maximum Gasteiger partial charge on any atom is 0.310 e. The summed E-state index contributed by atoms with van der Waals surface area (Å²) in [7, 11) is 0. The molecule has 0 aliphatic heterocycles. The Bertz CT molecular complexity index is 718. The average Bonchev–Trinajstić information content (AvgIpc) is 2.48. The van der Waals surface area contributed by atoms with Gasteiger partial charge >= 0.3 is 5.69 Å². The van der Waals surface area contributed by atoms with E-state index in [2.05, 4.69) is 5.32 Å². The Morgan fingerprint density at radius 1 is 1.32 bits per heavy atom. The molecule has 0 saturated heterocycles. The van der Waals surface area contributed by atoms with Crippen molar-refractivity contribution in [1.29, 1.82) is 0 Å². The number of hydrogen-bond acceptors (Lipinski definition) is 4. The number of carbonyl (C=O) groups excluding carboxylic acids is 1. The van der Waals surface area contributed by atoms with Crippen LogP contribution >= 0.6 is 11.6 Å². The van der Waals surface area contributed by atoms with Crippen LogP contribution in [0, 0.1) is 17.0 Å². The molecule has 2 aromatic rings. The van der Waals surface area contributed by atoms with Gasteiger partial charge in [-0.2, -0.15) is 0 Å². The van der Waals surface area contributed by atoms with Crippen LogP contribution in [0.2, 0.25) is 5.02 Å². The predicted molar refractivity (Wildman–Crippen MR) is 83.4 cm³/mol. The van der Waals surface area contributed by atoms with Crippen molar-refractivity contribution >= 4 is 28.9 Å². The van der Waals surface area contributed by atoms with Gasteiger partial charge in [-0.25, -0.2) is 0 Å². The maximum atomic E-state index is 11.8. The minimum absolute atomic E-state index is 0.0395. The van der Waals surface area contributed by atoms with Gasteiger partial charge in [0.2, 0.25) is 0 Å². The smallest absolute Gasteiger partial charge is 0.310 e. The van der Waals surface area contributed by atoms with Crippen molar-refractivity contribution in [3.05, 3.63) is 63.2 Å². The molecule has 2 aromatic carbocycles. The molecule has 114 valence electrons. The molecular weight excluding hydrogens is 308 g/mol. The second-order valence-corrected chi connectivity index (χ2v) is 4.95. The predicted octanol–water partition coefficient (Wildman–Crippen LogP) is 3.57.